The molecule has 0 aliphatic heterocycles. The van der Waals surface area contributed by atoms with Crippen molar-refractivity contribution >= 4 is 34.4 Å². The number of carbonyl (C=O) groups excluding carboxylic acids is 2. The van der Waals surface area contributed by atoms with E-state index in [0.717, 1.165) is 34.5 Å². The van der Waals surface area contributed by atoms with E-state index in [0.29, 0.717) is 17.5 Å². The molecule has 1 amide bonds. The van der Waals surface area contributed by atoms with Gasteiger partial charge >= 0.3 is 0 Å². The molecule has 0 saturated heterocycles. The third-order valence-corrected chi connectivity index (χ3v) is 5.81. The van der Waals surface area contributed by atoms with Gasteiger partial charge in [-0.1, -0.05) is 43.8 Å². The number of nitrogens with zero attached hydrogens (tertiary/aromatic N) is 3. The Bertz CT molecular complexity index is 1040. The summed E-state index contributed by atoms with van der Waals surface area (Å²) in [6, 6.07) is 7.83. The number of aromatic nitrogens is 4. The summed E-state index contributed by atoms with van der Waals surface area (Å²) in [5, 5.41) is 9.85. The molecule has 0 bridgehead atoms. The Labute approximate surface area is 174 Å². The van der Waals surface area contributed by atoms with Crippen LogP contribution in [-0.2, 0) is 17.8 Å². The Hall–Kier alpha value is -2.61. The highest BCUT2D eigenvalue weighted by Gasteiger charge is 2.25. The van der Waals surface area contributed by atoms with Gasteiger partial charge in [0.05, 0.1) is 5.25 Å². The maximum Gasteiger partial charge on any atom is 0.217 e. The van der Waals surface area contributed by atoms with Crippen LogP contribution in [0.3, 0.4) is 0 Å². The summed E-state index contributed by atoms with van der Waals surface area (Å²) in [6.45, 7) is 8.75. The molecule has 0 aliphatic rings. The first kappa shape index (κ1) is 21.1. The summed E-state index contributed by atoms with van der Waals surface area (Å²) in [7, 11) is 0. The number of carbonyl (C=O) groups is 2. The molecule has 8 heteroatoms. The number of H-pyrrole nitrogens is 1. The Balaban J connectivity index is 1.85. The number of ketones is 1. The summed E-state index contributed by atoms with van der Waals surface area (Å²) in [6.07, 6.45) is 0.670. The first-order valence-corrected chi connectivity index (χ1v) is 10.6. The lowest BCUT2D eigenvalue weighted by Gasteiger charge is -2.14. The number of benzene rings is 1. The lowest BCUT2D eigenvalue weighted by atomic mass is 10.1. The number of aromatic amines is 1. The number of rotatable bonds is 9. The second kappa shape index (κ2) is 8.82. The summed E-state index contributed by atoms with van der Waals surface area (Å²) >= 11 is 1.40. The van der Waals surface area contributed by atoms with E-state index in [1.54, 1.807) is 0 Å². The number of hydrogen-bond donors (Lipinski definition) is 2. The molecule has 0 fully saturated rings. The number of primary amides is 1. The monoisotopic (exact) mass is 413 g/mol. The third-order valence-electron chi connectivity index (χ3n) is 4.73. The average molecular weight is 414 g/mol. The number of aryl methyl sites for hydroxylation is 2. The third kappa shape index (κ3) is 4.70. The zero-order chi connectivity index (χ0) is 21.1. The average Bonchev–Trinajstić information content (AvgIpc) is 3.18. The molecule has 1 aromatic carbocycles. The zero-order valence-corrected chi connectivity index (χ0v) is 18.0. The first-order valence-electron chi connectivity index (χ1n) is 9.76. The van der Waals surface area contributed by atoms with Crippen molar-refractivity contribution in [2.75, 3.05) is 0 Å². The van der Waals surface area contributed by atoms with Gasteiger partial charge in [0.15, 0.2) is 10.9 Å². The largest absolute Gasteiger partial charge is 0.370 e. The normalized spacial score (nSPS) is 12.6. The van der Waals surface area contributed by atoms with E-state index in [9.17, 15) is 9.59 Å². The maximum absolute atomic E-state index is 13.2. The van der Waals surface area contributed by atoms with Crippen LogP contribution in [0.4, 0.5) is 0 Å². The number of nitrogens with two attached hydrogens (primary N) is 1. The number of para-hydroxylation sites is 1. The smallest absolute Gasteiger partial charge is 0.217 e. The SMILES string of the molecule is Cc1[nH]c2ccccc2c1C(=O)[C@@H](C)Sc1nnc(CCC(N)=O)n1CC(C)C. The minimum Gasteiger partial charge on any atom is -0.370 e. The van der Waals surface area contributed by atoms with E-state index in [1.165, 1.54) is 11.8 Å². The molecule has 2 heterocycles. The van der Waals surface area contributed by atoms with Crippen LogP contribution in [0.15, 0.2) is 29.4 Å². The van der Waals surface area contributed by atoms with Crippen LogP contribution >= 0.6 is 11.8 Å². The number of fused-ring (bicyclic) bond motifs is 1. The molecule has 3 rings (SSSR count). The molecule has 0 unspecified atom stereocenters. The second-order valence-electron chi connectivity index (χ2n) is 7.66. The van der Waals surface area contributed by atoms with Gasteiger partial charge in [0, 0.05) is 41.5 Å². The van der Waals surface area contributed by atoms with Crippen LogP contribution in [0.1, 0.15) is 49.1 Å². The molecule has 3 N–H and O–H groups in total. The van der Waals surface area contributed by atoms with Crippen LogP contribution in [0, 0.1) is 12.8 Å². The van der Waals surface area contributed by atoms with Crippen molar-refractivity contribution in [3.8, 4) is 0 Å². The van der Waals surface area contributed by atoms with E-state index in [1.807, 2.05) is 42.7 Å². The van der Waals surface area contributed by atoms with Crippen LogP contribution in [0.25, 0.3) is 10.9 Å². The van der Waals surface area contributed by atoms with Gasteiger partial charge in [-0.2, -0.15) is 0 Å². The van der Waals surface area contributed by atoms with E-state index in [-0.39, 0.29) is 23.4 Å². The van der Waals surface area contributed by atoms with Crippen molar-refractivity contribution in [2.24, 2.45) is 11.7 Å². The van der Waals surface area contributed by atoms with Crippen LogP contribution in [0.2, 0.25) is 0 Å². The first-order chi connectivity index (χ1) is 13.8. The van der Waals surface area contributed by atoms with Crippen molar-refractivity contribution in [1.82, 2.24) is 19.7 Å². The second-order valence-corrected chi connectivity index (χ2v) is 8.97. The van der Waals surface area contributed by atoms with Gasteiger partial charge in [-0.15, -0.1) is 10.2 Å². The summed E-state index contributed by atoms with van der Waals surface area (Å²) in [5.74, 6) is 0.793. The van der Waals surface area contributed by atoms with Gasteiger partial charge < -0.3 is 15.3 Å². The molecular formula is C21H27N5O2S. The Morgan fingerprint density at radius 3 is 2.62 bits per heavy atom. The molecule has 7 nitrogen and oxygen atoms in total. The summed E-state index contributed by atoms with van der Waals surface area (Å²) < 4.78 is 2.00. The minimum atomic E-state index is -0.364. The molecular weight excluding hydrogens is 386 g/mol. The Kier molecular flexibility index (Phi) is 6.42. The number of nitrogens with one attached hydrogen (secondary N) is 1. The molecule has 0 saturated carbocycles. The van der Waals surface area contributed by atoms with Crippen molar-refractivity contribution in [1.29, 1.82) is 0 Å². The fraction of sp³-hybridized carbons (Fsp3) is 0.429. The molecule has 3 aromatic rings. The number of amides is 1. The van der Waals surface area contributed by atoms with Crippen LogP contribution in [-0.4, -0.2) is 36.7 Å². The molecule has 1 atom stereocenters. The highest BCUT2D eigenvalue weighted by Crippen LogP contribution is 2.30. The van der Waals surface area contributed by atoms with Crippen molar-refractivity contribution in [2.45, 2.75) is 57.5 Å². The highest BCUT2D eigenvalue weighted by atomic mass is 32.2. The van der Waals surface area contributed by atoms with Crippen molar-refractivity contribution < 1.29 is 9.59 Å². The van der Waals surface area contributed by atoms with E-state index >= 15 is 0 Å². The molecule has 0 radical (unpaired) electrons. The highest BCUT2D eigenvalue weighted by molar-refractivity contribution is 8.00. The molecule has 29 heavy (non-hydrogen) atoms. The van der Waals surface area contributed by atoms with Gasteiger partial charge in [0.25, 0.3) is 0 Å². The lowest BCUT2D eigenvalue weighted by molar-refractivity contribution is -0.118. The molecule has 0 aliphatic carbocycles. The molecule has 2 aromatic heterocycles. The van der Waals surface area contributed by atoms with Crippen LogP contribution in [0.5, 0.6) is 0 Å². The molecule has 0 spiro atoms. The van der Waals surface area contributed by atoms with Crippen LogP contribution < -0.4 is 5.73 Å². The van der Waals surface area contributed by atoms with Crippen molar-refractivity contribution in [3.05, 3.63) is 41.3 Å². The summed E-state index contributed by atoms with van der Waals surface area (Å²) in [5.41, 5.74) is 7.84. The van der Waals surface area contributed by atoms with Gasteiger partial charge in [0.2, 0.25) is 5.91 Å². The zero-order valence-electron chi connectivity index (χ0n) is 17.2. The fourth-order valence-electron chi connectivity index (χ4n) is 3.38. The number of Topliss-reactive ketones (excluding diaryl/α,β-unsaturated/α-hetero) is 1. The Morgan fingerprint density at radius 1 is 1.21 bits per heavy atom. The van der Waals surface area contributed by atoms with Crippen molar-refractivity contribution in [3.63, 3.8) is 0 Å². The predicted molar refractivity (Wildman–Crippen MR) is 115 cm³/mol. The number of thioether (sulfide) groups is 1. The van der Waals surface area contributed by atoms with Gasteiger partial charge in [-0.25, -0.2) is 0 Å². The van der Waals surface area contributed by atoms with Gasteiger partial charge in [0.1, 0.15) is 5.82 Å². The maximum atomic E-state index is 13.2. The predicted octanol–water partition coefficient (Wildman–Crippen LogP) is 3.51. The fourth-order valence-corrected chi connectivity index (χ4v) is 4.32. The number of hydrogen-bond acceptors (Lipinski definition) is 5. The summed E-state index contributed by atoms with van der Waals surface area (Å²) in [4.78, 5) is 27.7. The Morgan fingerprint density at radius 2 is 1.93 bits per heavy atom. The van der Waals surface area contributed by atoms with E-state index in [2.05, 4.69) is 29.0 Å². The standard InChI is InChI=1S/C21H27N5O2S/c1-12(2)11-26-18(10-9-17(22)27)24-25-21(26)29-14(4)20(28)19-13(3)23-16-8-6-5-7-15(16)19/h5-8,12,14,23H,9-11H2,1-4H3,(H2,22,27)/t14-/m1/s1. The lowest BCUT2D eigenvalue weighted by Crippen LogP contribution is -2.17. The minimum absolute atomic E-state index is 0.0581. The van der Waals surface area contributed by atoms with E-state index < -0.39 is 0 Å². The van der Waals surface area contributed by atoms with E-state index in [4.69, 9.17) is 5.73 Å². The quantitative estimate of drug-likeness (QED) is 0.412. The molecule has 154 valence electrons. The van der Waals surface area contributed by atoms with Gasteiger partial charge in [-0.05, 0) is 25.8 Å². The topological polar surface area (TPSA) is 107 Å². The van der Waals surface area contributed by atoms with Gasteiger partial charge in [-0.3, -0.25) is 9.59 Å².